The van der Waals surface area contributed by atoms with Gasteiger partial charge in [-0.1, -0.05) is 49.7 Å². The number of carbonyl (C=O) groups excluding carboxylic acids is 1. The van der Waals surface area contributed by atoms with Crippen molar-refractivity contribution in [2.75, 3.05) is 6.26 Å². The summed E-state index contributed by atoms with van der Waals surface area (Å²) in [6.07, 6.45) is 2.15. The number of thiazole rings is 1. The molecule has 1 unspecified atom stereocenters. The van der Waals surface area contributed by atoms with Gasteiger partial charge in [-0.05, 0) is 36.2 Å². The quantitative estimate of drug-likeness (QED) is 0.440. The number of carbonyl (C=O) groups is 1. The monoisotopic (exact) mass is 516 g/mol. The molecule has 0 saturated heterocycles. The van der Waals surface area contributed by atoms with E-state index in [1.54, 1.807) is 24.3 Å². The number of nitrogens with zero attached hydrogens (tertiary/aromatic N) is 2. The number of rotatable bonds is 8. The molecule has 1 aromatic heterocycles. The lowest BCUT2D eigenvalue weighted by Gasteiger charge is -2.09. The summed E-state index contributed by atoms with van der Waals surface area (Å²) in [6.45, 7) is 6.15. The number of sulfone groups is 1. The highest BCUT2D eigenvalue weighted by molar-refractivity contribution is 7.90. The van der Waals surface area contributed by atoms with Crippen LogP contribution in [-0.4, -0.2) is 35.9 Å². The molecule has 2 heterocycles. The van der Waals surface area contributed by atoms with E-state index in [1.165, 1.54) is 28.9 Å². The van der Waals surface area contributed by atoms with Crippen molar-refractivity contribution in [1.29, 1.82) is 0 Å². The van der Waals surface area contributed by atoms with Gasteiger partial charge in [-0.2, -0.15) is 0 Å². The lowest BCUT2D eigenvalue weighted by molar-refractivity contribution is -0.556. The predicted molar refractivity (Wildman–Crippen MR) is 136 cm³/mol. The maximum Gasteiger partial charge on any atom is 0.280 e. The molecule has 1 amide bonds. The summed E-state index contributed by atoms with van der Waals surface area (Å²) in [4.78, 5) is 18.9. The van der Waals surface area contributed by atoms with Crippen molar-refractivity contribution in [1.82, 2.24) is 10.3 Å². The molecule has 0 fully saturated rings. The Kier molecular flexibility index (Phi) is 7.21. The van der Waals surface area contributed by atoms with Gasteiger partial charge < -0.3 is 5.32 Å². The average Bonchev–Trinajstić information content (AvgIpc) is 3.36. The summed E-state index contributed by atoms with van der Waals surface area (Å²) in [5.74, 6) is 0.0965. The summed E-state index contributed by atoms with van der Waals surface area (Å²) in [5, 5.41) is 4.07. The van der Waals surface area contributed by atoms with Crippen molar-refractivity contribution < 1.29 is 17.8 Å². The number of halogens is 1. The van der Waals surface area contributed by atoms with Gasteiger partial charge >= 0.3 is 0 Å². The van der Waals surface area contributed by atoms with E-state index in [-0.39, 0.29) is 10.8 Å². The molecule has 4 rings (SSSR count). The Labute approximate surface area is 209 Å². The first kappa shape index (κ1) is 24.6. The maximum absolute atomic E-state index is 12.8. The van der Waals surface area contributed by atoms with E-state index in [0.717, 1.165) is 40.7 Å². The summed E-state index contributed by atoms with van der Waals surface area (Å²) < 4.78 is 25.6. The van der Waals surface area contributed by atoms with Crippen molar-refractivity contribution in [2.24, 2.45) is 5.92 Å². The lowest BCUT2D eigenvalue weighted by atomic mass is 10.0. The van der Waals surface area contributed by atoms with Crippen molar-refractivity contribution >= 4 is 44.4 Å². The van der Waals surface area contributed by atoms with Crippen LogP contribution in [0.5, 0.6) is 0 Å². The van der Waals surface area contributed by atoms with Gasteiger partial charge in [-0.25, -0.2) is 18.0 Å². The minimum Gasteiger partial charge on any atom is -0.346 e. The van der Waals surface area contributed by atoms with E-state index in [2.05, 4.69) is 23.7 Å². The smallest absolute Gasteiger partial charge is 0.280 e. The van der Waals surface area contributed by atoms with Crippen LogP contribution in [0.3, 0.4) is 0 Å². The first-order valence-electron chi connectivity index (χ1n) is 11.1. The Hall–Kier alpha value is -2.55. The fourth-order valence-corrected chi connectivity index (χ4v) is 5.73. The molecule has 0 saturated carbocycles. The second-order valence-corrected chi connectivity index (χ2v) is 12.1. The van der Waals surface area contributed by atoms with Crippen molar-refractivity contribution in [2.45, 2.75) is 44.8 Å². The third kappa shape index (κ3) is 5.40. The van der Waals surface area contributed by atoms with Crippen LogP contribution < -0.4 is 5.32 Å². The van der Waals surface area contributed by atoms with Crippen molar-refractivity contribution in [3.63, 3.8) is 0 Å². The molecule has 0 spiro atoms. The molecule has 0 bridgehead atoms. The molecule has 3 aromatic rings. The van der Waals surface area contributed by atoms with Crippen LogP contribution in [0, 0.1) is 5.92 Å². The van der Waals surface area contributed by atoms with Crippen LogP contribution in [-0.2, 0) is 29.5 Å². The number of nitrogens with one attached hydrogen (secondary N) is 1. The van der Waals surface area contributed by atoms with E-state index < -0.39 is 9.84 Å². The summed E-state index contributed by atoms with van der Waals surface area (Å²) in [5.41, 5.74) is 4.11. The molecule has 1 atom stereocenters. The zero-order chi connectivity index (χ0) is 24.5. The molecule has 0 aliphatic carbocycles. The van der Waals surface area contributed by atoms with E-state index in [4.69, 9.17) is 16.6 Å². The summed E-state index contributed by atoms with van der Waals surface area (Å²) in [6, 6.07) is 14.4. The van der Waals surface area contributed by atoms with Gasteiger partial charge in [-0.15, -0.1) is 11.3 Å². The largest absolute Gasteiger partial charge is 0.346 e. The SMILES string of the molecule is CCC(C)C1=[N+](Cc2ccc(Cl)cc2)Cc2sc(C(=O)NCc3ccc(S(C)(=O)=O)cc3)nc21. The Morgan fingerprint density at radius 1 is 1.15 bits per heavy atom. The standard InChI is InChI=1S/C25H26ClN3O3S2/c1-4-16(2)23-22-21(15-29(23)14-18-5-9-19(26)10-6-18)33-25(28-22)24(30)27-13-17-7-11-20(12-8-17)34(3,31)32/h5-12,16H,4,13-15H2,1-3H3/p+1. The van der Waals surface area contributed by atoms with Gasteiger partial charge in [0.1, 0.15) is 4.88 Å². The number of benzene rings is 2. The van der Waals surface area contributed by atoms with Gasteiger partial charge in [0, 0.05) is 29.3 Å². The zero-order valence-corrected chi connectivity index (χ0v) is 21.7. The molecule has 9 heteroatoms. The van der Waals surface area contributed by atoms with Gasteiger partial charge in [0.05, 0.1) is 4.90 Å². The van der Waals surface area contributed by atoms with Crippen molar-refractivity contribution in [3.05, 3.63) is 80.3 Å². The highest BCUT2D eigenvalue weighted by Crippen LogP contribution is 2.30. The lowest BCUT2D eigenvalue weighted by Crippen LogP contribution is -2.25. The Morgan fingerprint density at radius 2 is 1.79 bits per heavy atom. The Balaban J connectivity index is 1.49. The van der Waals surface area contributed by atoms with Gasteiger partial charge in [0.15, 0.2) is 33.6 Å². The van der Waals surface area contributed by atoms with Crippen LogP contribution in [0.2, 0.25) is 5.02 Å². The fraction of sp³-hybridized carbons (Fsp3) is 0.320. The number of fused-ring (bicyclic) bond motifs is 1. The minimum absolute atomic E-state index is 0.223. The van der Waals surface area contributed by atoms with E-state index in [9.17, 15) is 13.2 Å². The van der Waals surface area contributed by atoms with Crippen LogP contribution in [0.4, 0.5) is 0 Å². The van der Waals surface area contributed by atoms with Crippen LogP contribution in [0.15, 0.2) is 53.4 Å². The number of hydrogen-bond acceptors (Lipinski definition) is 5. The number of aromatic nitrogens is 1. The molecule has 2 aromatic carbocycles. The molecule has 34 heavy (non-hydrogen) atoms. The summed E-state index contributed by atoms with van der Waals surface area (Å²) in [7, 11) is -3.24. The molecule has 1 N–H and O–H groups in total. The number of amides is 1. The van der Waals surface area contributed by atoms with Gasteiger partial charge in [-0.3, -0.25) is 4.79 Å². The van der Waals surface area contributed by atoms with E-state index in [1.807, 2.05) is 24.3 Å². The molecular formula is C25H27ClN3O3S2+. The first-order chi connectivity index (χ1) is 16.2. The average molecular weight is 517 g/mol. The molecule has 1 aliphatic rings. The Morgan fingerprint density at radius 3 is 2.41 bits per heavy atom. The molecule has 6 nitrogen and oxygen atoms in total. The van der Waals surface area contributed by atoms with Crippen LogP contribution in [0.1, 0.15) is 51.8 Å². The maximum atomic E-state index is 12.8. The summed E-state index contributed by atoms with van der Waals surface area (Å²) >= 11 is 7.47. The molecule has 1 aliphatic heterocycles. The Bertz CT molecular complexity index is 1350. The predicted octanol–water partition coefficient (Wildman–Crippen LogP) is 4.69. The van der Waals surface area contributed by atoms with E-state index >= 15 is 0 Å². The highest BCUT2D eigenvalue weighted by atomic mass is 35.5. The highest BCUT2D eigenvalue weighted by Gasteiger charge is 2.37. The second kappa shape index (κ2) is 9.98. The third-order valence-electron chi connectivity index (χ3n) is 5.98. The number of hydrogen-bond donors (Lipinski definition) is 1. The molecular weight excluding hydrogens is 490 g/mol. The normalized spacial score (nSPS) is 14.2. The minimum atomic E-state index is -3.24. The zero-order valence-electron chi connectivity index (χ0n) is 19.3. The van der Waals surface area contributed by atoms with Gasteiger partial charge in [0.25, 0.3) is 5.91 Å². The molecule has 178 valence electrons. The molecule has 0 radical (unpaired) electrons. The second-order valence-electron chi connectivity index (χ2n) is 8.57. The first-order valence-corrected chi connectivity index (χ1v) is 14.2. The topological polar surface area (TPSA) is 79.1 Å². The van der Waals surface area contributed by atoms with Crippen LogP contribution in [0.25, 0.3) is 0 Å². The fourth-order valence-electron chi connectivity index (χ4n) is 3.97. The van der Waals surface area contributed by atoms with Gasteiger partial charge in [0.2, 0.25) is 5.71 Å². The van der Waals surface area contributed by atoms with Crippen molar-refractivity contribution in [3.8, 4) is 0 Å². The van der Waals surface area contributed by atoms with Crippen LogP contribution >= 0.6 is 22.9 Å². The van der Waals surface area contributed by atoms with E-state index in [0.29, 0.717) is 17.5 Å². The third-order valence-corrected chi connectivity index (χ3v) is 8.40.